The average molecular weight is 265 g/mol. The molecular weight excluding hydrogens is 242 g/mol. The van der Waals surface area contributed by atoms with Crippen LogP contribution in [0.2, 0.25) is 0 Å². The van der Waals surface area contributed by atoms with E-state index in [0.29, 0.717) is 12.5 Å². The fraction of sp³-hybridized carbons (Fsp3) is 0.692. The molecule has 1 fully saturated rings. The molecule has 1 unspecified atom stereocenters. The van der Waals surface area contributed by atoms with Crippen LogP contribution < -0.4 is 10.6 Å². The number of anilines is 2. The number of likely N-dealkylation sites (tertiary alicyclic amines) is 1. The number of rotatable bonds is 6. The third-order valence-corrected chi connectivity index (χ3v) is 3.32. The second-order valence-corrected chi connectivity index (χ2v) is 5.13. The summed E-state index contributed by atoms with van der Waals surface area (Å²) in [6.45, 7) is 5.74. The SMILES string of the molecule is Cc1nc(NCCO)cc(NCC2CCN(C)C2)n1. The van der Waals surface area contributed by atoms with Crippen LogP contribution in [0.4, 0.5) is 11.6 Å². The van der Waals surface area contributed by atoms with Gasteiger partial charge >= 0.3 is 0 Å². The van der Waals surface area contributed by atoms with Crippen molar-refractivity contribution in [1.29, 1.82) is 0 Å². The van der Waals surface area contributed by atoms with Crippen LogP contribution in [-0.4, -0.2) is 59.8 Å². The third-order valence-electron chi connectivity index (χ3n) is 3.32. The molecule has 0 aliphatic carbocycles. The molecule has 1 aliphatic heterocycles. The molecule has 6 heteroatoms. The Morgan fingerprint density at radius 3 is 2.74 bits per heavy atom. The van der Waals surface area contributed by atoms with Gasteiger partial charge in [-0.15, -0.1) is 0 Å². The number of aliphatic hydroxyl groups is 1. The summed E-state index contributed by atoms with van der Waals surface area (Å²) in [7, 11) is 2.16. The maximum Gasteiger partial charge on any atom is 0.131 e. The van der Waals surface area contributed by atoms with Crippen molar-refractivity contribution in [3.05, 3.63) is 11.9 Å². The summed E-state index contributed by atoms with van der Waals surface area (Å²) in [6, 6.07) is 1.89. The lowest BCUT2D eigenvalue weighted by atomic mass is 10.1. The van der Waals surface area contributed by atoms with Crippen LogP contribution in [-0.2, 0) is 0 Å². The van der Waals surface area contributed by atoms with Gasteiger partial charge in [0.2, 0.25) is 0 Å². The molecule has 3 N–H and O–H groups in total. The molecule has 6 nitrogen and oxygen atoms in total. The average Bonchev–Trinajstić information content (AvgIpc) is 2.79. The summed E-state index contributed by atoms with van der Waals surface area (Å²) in [4.78, 5) is 11.0. The number of hydrogen-bond donors (Lipinski definition) is 3. The number of aryl methyl sites for hydroxylation is 1. The highest BCUT2D eigenvalue weighted by Gasteiger charge is 2.19. The molecule has 0 saturated carbocycles. The fourth-order valence-electron chi connectivity index (χ4n) is 2.37. The molecule has 1 aliphatic rings. The summed E-state index contributed by atoms with van der Waals surface area (Å²) >= 11 is 0. The Morgan fingerprint density at radius 2 is 2.11 bits per heavy atom. The first-order valence-corrected chi connectivity index (χ1v) is 6.80. The Hall–Kier alpha value is -1.40. The number of nitrogens with one attached hydrogen (secondary N) is 2. The predicted molar refractivity (Wildman–Crippen MR) is 76.4 cm³/mol. The van der Waals surface area contributed by atoms with Crippen LogP contribution in [0.5, 0.6) is 0 Å². The monoisotopic (exact) mass is 265 g/mol. The lowest BCUT2D eigenvalue weighted by Crippen LogP contribution is -2.19. The van der Waals surface area contributed by atoms with Gasteiger partial charge in [0.05, 0.1) is 6.61 Å². The van der Waals surface area contributed by atoms with E-state index in [1.165, 1.54) is 13.0 Å². The molecular formula is C13H23N5O. The normalized spacial score (nSPS) is 19.6. The molecule has 2 rings (SSSR count). The van der Waals surface area contributed by atoms with E-state index >= 15 is 0 Å². The first-order valence-electron chi connectivity index (χ1n) is 6.80. The minimum Gasteiger partial charge on any atom is -0.395 e. The van der Waals surface area contributed by atoms with Gasteiger partial charge < -0.3 is 20.6 Å². The molecule has 1 saturated heterocycles. The highest BCUT2D eigenvalue weighted by molar-refractivity contribution is 5.47. The highest BCUT2D eigenvalue weighted by Crippen LogP contribution is 2.16. The quantitative estimate of drug-likeness (QED) is 0.698. The zero-order valence-corrected chi connectivity index (χ0v) is 11.7. The van der Waals surface area contributed by atoms with Crippen LogP contribution in [0.15, 0.2) is 6.07 Å². The van der Waals surface area contributed by atoms with Crippen molar-refractivity contribution < 1.29 is 5.11 Å². The summed E-state index contributed by atoms with van der Waals surface area (Å²) in [5, 5.41) is 15.3. The zero-order chi connectivity index (χ0) is 13.7. The molecule has 0 spiro atoms. The smallest absolute Gasteiger partial charge is 0.131 e. The van der Waals surface area contributed by atoms with Crippen molar-refractivity contribution >= 4 is 11.6 Å². The van der Waals surface area contributed by atoms with Crippen molar-refractivity contribution in [2.45, 2.75) is 13.3 Å². The lowest BCUT2D eigenvalue weighted by molar-refractivity contribution is 0.311. The molecule has 2 heterocycles. The van der Waals surface area contributed by atoms with Crippen LogP contribution in [0.1, 0.15) is 12.2 Å². The van der Waals surface area contributed by atoms with Gasteiger partial charge in [0.15, 0.2) is 0 Å². The summed E-state index contributed by atoms with van der Waals surface area (Å²) < 4.78 is 0. The second-order valence-electron chi connectivity index (χ2n) is 5.13. The molecule has 0 aromatic carbocycles. The molecule has 0 amide bonds. The molecule has 0 radical (unpaired) electrons. The number of aliphatic hydroxyl groups excluding tert-OH is 1. The standard InChI is InChI=1S/C13H23N5O/c1-10-16-12(14-4-6-19)7-13(17-10)15-8-11-3-5-18(2)9-11/h7,11,19H,3-6,8-9H2,1-2H3,(H2,14,15,16,17). The van der Waals surface area contributed by atoms with Crippen LogP contribution >= 0.6 is 0 Å². The van der Waals surface area contributed by atoms with Crippen LogP contribution in [0, 0.1) is 12.8 Å². The highest BCUT2D eigenvalue weighted by atomic mass is 16.3. The number of nitrogens with zero attached hydrogens (tertiary/aromatic N) is 3. The van der Waals surface area contributed by atoms with Crippen molar-refractivity contribution in [2.75, 3.05) is 50.5 Å². The van der Waals surface area contributed by atoms with E-state index in [4.69, 9.17) is 5.11 Å². The maximum atomic E-state index is 8.81. The minimum absolute atomic E-state index is 0.0974. The molecule has 1 atom stereocenters. The van der Waals surface area contributed by atoms with E-state index in [9.17, 15) is 0 Å². The topological polar surface area (TPSA) is 73.3 Å². The van der Waals surface area contributed by atoms with Crippen LogP contribution in [0.25, 0.3) is 0 Å². The van der Waals surface area contributed by atoms with Crippen molar-refractivity contribution in [1.82, 2.24) is 14.9 Å². The zero-order valence-electron chi connectivity index (χ0n) is 11.7. The Balaban J connectivity index is 1.90. The largest absolute Gasteiger partial charge is 0.395 e. The van der Waals surface area contributed by atoms with Gasteiger partial charge in [-0.2, -0.15) is 0 Å². The van der Waals surface area contributed by atoms with E-state index in [-0.39, 0.29) is 6.61 Å². The fourth-order valence-corrected chi connectivity index (χ4v) is 2.37. The minimum atomic E-state index is 0.0974. The van der Waals surface area contributed by atoms with E-state index in [2.05, 4.69) is 32.5 Å². The summed E-state index contributed by atoms with van der Waals surface area (Å²) in [6.07, 6.45) is 1.24. The van der Waals surface area contributed by atoms with E-state index < -0.39 is 0 Å². The first kappa shape index (κ1) is 14.0. The summed E-state index contributed by atoms with van der Waals surface area (Å²) in [5.74, 6) is 3.03. The van der Waals surface area contributed by atoms with Gasteiger partial charge in [0.1, 0.15) is 17.5 Å². The number of aromatic nitrogens is 2. The van der Waals surface area contributed by atoms with E-state index in [1.54, 1.807) is 0 Å². The predicted octanol–water partition coefficient (Wildman–Crippen LogP) is 0.553. The second kappa shape index (κ2) is 6.68. The maximum absolute atomic E-state index is 8.81. The van der Waals surface area contributed by atoms with E-state index in [0.717, 1.165) is 30.5 Å². The van der Waals surface area contributed by atoms with Gasteiger partial charge in [0, 0.05) is 25.7 Å². The Kier molecular flexibility index (Phi) is 4.93. The lowest BCUT2D eigenvalue weighted by Gasteiger charge is -2.13. The van der Waals surface area contributed by atoms with Gasteiger partial charge in [-0.05, 0) is 32.9 Å². The molecule has 19 heavy (non-hydrogen) atoms. The van der Waals surface area contributed by atoms with Gasteiger partial charge in [-0.1, -0.05) is 0 Å². The van der Waals surface area contributed by atoms with Crippen molar-refractivity contribution in [3.63, 3.8) is 0 Å². The molecule has 106 valence electrons. The molecule has 0 bridgehead atoms. The Bertz CT molecular complexity index is 412. The Morgan fingerprint density at radius 1 is 1.37 bits per heavy atom. The first-order chi connectivity index (χ1) is 9.17. The number of hydrogen-bond acceptors (Lipinski definition) is 6. The van der Waals surface area contributed by atoms with Crippen LogP contribution in [0.3, 0.4) is 0 Å². The van der Waals surface area contributed by atoms with Gasteiger partial charge in [-0.25, -0.2) is 9.97 Å². The van der Waals surface area contributed by atoms with E-state index in [1.807, 2.05) is 13.0 Å². The van der Waals surface area contributed by atoms with Crippen molar-refractivity contribution in [3.8, 4) is 0 Å². The van der Waals surface area contributed by atoms with Gasteiger partial charge in [-0.3, -0.25) is 0 Å². The third kappa shape index (κ3) is 4.33. The Labute approximate surface area is 114 Å². The molecule has 1 aromatic heterocycles. The summed E-state index contributed by atoms with van der Waals surface area (Å²) in [5.41, 5.74) is 0. The molecule has 1 aromatic rings. The van der Waals surface area contributed by atoms with Crippen molar-refractivity contribution in [2.24, 2.45) is 5.92 Å². The van der Waals surface area contributed by atoms with Gasteiger partial charge in [0.25, 0.3) is 0 Å².